The predicted octanol–water partition coefficient (Wildman–Crippen LogP) is 6.36. The Morgan fingerprint density at radius 2 is 1.78 bits per heavy atom. The van der Waals surface area contributed by atoms with Crippen LogP contribution in [-0.4, -0.2) is 84.4 Å². The van der Waals surface area contributed by atoms with Gasteiger partial charge in [-0.25, -0.2) is 14.6 Å². The van der Waals surface area contributed by atoms with E-state index in [4.69, 9.17) is 30.6 Å². The van der Waals surface area contributed by atoms with Crippen LogP contribution < -0.4 is 0 Å². The fourth-order valence-electron chi connectivity index (χ4n) is 5.04. The number of aromatic amines is 1. The van der Waals surface area contributed by atoms with Crippen LogP contribution in [-0.2, 0) is 32.0 Å². The van der Waals surface area contributed by atoms with Crippen LogP contribution >= 0.6 is 11.6 Å². The Hall–Kier alpha value is -5.25. The quantitative estimate of drug-likeness (QED) is 0.0301. The Kier molecular flexibility index (Phi) is 13.9. The van der Waals surface area contributed by atoms with E-state index < -0.39 is 18.4 Å². The van der Waals surface area contributed by atoms with Crippen molar-refractivity contribution in [1.82, 2.24) is 35.2 Å². The number of aromatic nitrogens is 6. The average Bonchev–Trinajstić information content (AvgIpc) is 3.73. The predicted molar refractivity (Wildman–Crippen MR) is 181 cm³/mol. The molecule has 0 bridgehead atoms. The van der Waals surface area contributed by atoms with Gasteiger partial charge in [-0.3, -0.25) is 0 Å². The molecule has 2 aromatic heterocycles. The lowest BCUT2D eigenvalue weighted by Crippen LogP contribution is -2.36. The van der Waals surface area contributed by atoms with Gasteiger partial charge in [0, 0.05) is 31.9 Å². The summed E-state index contributed by atoms with van der Waals surface area (Å²) in [5, 5.41) is 31.3. The standard InChI is InChI=1S/C33H42ClN9O7/c1-6-8-14-28-35-30(34)29(32(44)49-23(5)50-33(45)47-19-11-20-48-40-43(46)42(7-2)22(3)4)41(28)21-24-15-17-25(18-16-24)26-12-9-10-13-27(26)31-36-38-39-37-31/h9-10,12-13,15-18,22-23H,6-8,11,14,19-21H2,1-5H3,(H,36,37,38,39)/b43-40-. The molecular formula is C33H42ClN9O7. The highest BCUT2D eigenvalue weighted by atomic mass is 35.5. The molecule has 0 aliphatic rings. The van der Waals surface area contributed by atoms with Crippen molar-refractivity contribution in [2.75, 3.05) is 19.8 Å². The van der Waals surface area contributed by atoms with Crippen LogP contribution in [0.1, 0.15) is 75.8 Å². The first kappa shape index (κ1) is 37.6. The number of hydrazine groups is 1. The molecule has 2 aromatic carbocycles. The first-order valence-corrected chi connectivity index (χ1v) is 16.8. The number of halogens is 1. The van der Waals surface area contributed by atoms with E-state index in [9.17, 15) is 14.8 Å². The number of aryl methyl sites for hydroxylation is 1. The Morgan fingerprint density at radius 3 is 2.44 bits per heavy atom. The molecule has 17 heteroatoms. The largest absolute Gasteiger partial charge is 0.569 e. The Morgan fingerprint density at radius 1 is 1.04 bits per heavy atom. The smallest absolute Gasteiger partial charge is 0.511 e. The zero-order chi connectivity index (χ0) is 36.0. The molecule has 0 fully saturated rings. The van der Waals surface area contributed by atoms with Gasteiger partial charge in [0.15, 0.2) is 10.8 Å². The highest BCUT2D eigenvalue weighted by molar-refractivity contribution is 6.32. The number of rotatable bonds is 18. The molecule has 0 amide bonds. The van der Waals surface area contributed by atoms with Crippen molar-refractivity contribution in [1.29, 1.82) is 0 Å². The van der Waals surface area contributed by atoms with Crippen molar-refractivity contribution in [2.24, 2.45) is 5.28 Å². The van der Waals surface area contributed by atoms with Crippen LogP contribution in [0.3, 0.4) is 0 Å². The van der Waals surface area contributed by atoms with E-state index in [1.807, 2.05) is 69.3 Å². The van der Waals surface area contributed by atoms with Crippen molar-refractivity contribution in [3.63, 3.8) is 0 Å². The minimum Gasteiger partial charge on any atom is -0.569 e. The molecule has 4 aromatic rings. The molecule has 0 spiro atoms. The summed E-state index contributed by atoms with van der Waals surface area (Å²) in [6.45, 7) is 9.71. The molecule has 2 heterocycles. The fraction of sp³-hybridized carbons (Fsp3) is 0.455. The maximum Gasteiger partial charge on any atom is 0.511 e. The van der Waals surface area contributed by atoms with Gasteiger partial charge in [0.05, 0.1) is 24.2 Å². The summed E-state index contributed by atoms with van der Waals surface area (Å²) in [6, 6.07) is 15.6. The van der Waals surface area contributed by atoms with E-state index in [0.717, 1.165) is 35.1 Å². The second-order valence-electron chi connectivity index (χ2n) is 11.4. The third-order valence-electron chi connectivity index (χ3n) is 7.47. The van der Waals surface area contributed by atoms with E-state index in [-0.39, 0.29) is 36.5 Å². The lowest BCUT2D eigenvalue weighted by atomic mass is 9.98. The van der Waals surface area contributed by atoms with E-state index in [2.05, 4.69) is 37.8 Å². The number of tetrazole rings is 1. The number of hydrogen-bond acceptors (Lipinski definition) is 12. The first-order chi connectivity index (χ1) is 24.1. The van der Waals surface area contributed by atoms with Gasteiger partial charge in [0.2, 0.25) is 17.4 Å². The molecule has 0 aliphatic heterocycles. The number of H-pyrrole nitrogens is 1. The molecule has 1 N–H and O–H groups in total. The Labute approximate surface area is 294 Å². The third-order valence-corrected chi connectivity index (χ3v) is 7.74. The summed E-state index contributed by atoms with van der Waals surface area (Å²) in [5.41, 5.74) is 3.65. The monoisotopic (exact) mass is 711 g/mol. The summed E-state index contributed by atoms with van der Waals surface area (Å²) in [7, 11) is 0. The summed E-state index contributed by atoms with van der Waals surface area (Å²) in [5.74, 6) is 0.309. The van der Waals surface area contributed by atoms with Crippen molar-refractivity contribution in [3.8, 4) is 22.5 Å². The van der Waals surface area contributed by atoms with Gasteiger partial charge in [-0.05, 0) is 49.1 Å². The van der Waals surface area contributed by atoms with E-state index in [0.29, 0.717) is 36.1 Å². The highest BCUT2D eigenvalue weighted by Crippen LogP contribution is 2.30. The molecule has 0 saturated carbocycles. The normalized spacial score (nSPS) is 12.1. The van der Waals surface area contributed by atoms with Gasteiger partial charge in [-0.2, -0.15) is 5.21 Å². The van der Waals surface area contributed by atoms with E-state index in [1.54, 1.807) is 4.57 Å². The minimum atomic E-state index is -1.29. The Bertz CT molecular complexity index is 1710. The number of imidazole rings is 1. The second-order valence-corrected chi connectivity index (χ2v) is 11.8. The van der Waals surface area contributed by atoms with Crippen LogP contribution in [0.15, 0.2) is 53.8 Å². The van der Waals surface area contributed by atoms with Gasteiger partial charge in [0.1, 0.15) is 12.4 Å². The van der Waals surface area contributed by atoms with Gasteiger partial charge in [-0.15, -0.1) is 15.2 Å². The number of esters is 1. The van der Waals surface area contributed by atoms with E-state index >= 15 is 0 Å². The number of hydrogen-bond donors (Lipinski definition) is 1. The highest BCUT2D eigenvalue weighted by Gasteiger charge is 2.26. The maximum absolute atomic E-state index is 13.4. The third kappa shape index (κ3) is 10.1. The minimum absolute atomic E-state index is 0.0148. The van der Waals surface area contributed by atoms with Gasteiger partial charge >= 0.3 is 12.1 Å². The summed E-state index contributed by atoms with van der Waals surface area (Å²) >= 11 is 6.49. The van der Waals surface area contributed by atoms with Gasteiger partial charge in [0.25, 0.3) is 0 Å². The number of unbranched alkanes of at least 4 members (excludes halogenated alkanes) is 1. The second kappa shape index (κ2) is 18.5. The SMILES string of the molecule is CCCCc1nc(Cl)c(C(=O)OC(C)OC(=O)OCCCO/N=[N+](\[O-])N(CC)C(C)C)n1Cc1ccc(-c2ccccc2-c2nn[nH]n2)cc1. The molecule has 16 nitrogen and oxygen atoms in total. The molecule has 0 aliphatic carbocycles. The zero-order valence-corrected chi connectivity index (χ0v) is 29.5. The molecule has 1 unspecified atom stereocenters. The lowest BCUT2D eigenvalue weighted by molar-refractivity contribution is -0.716. The van der Waals surface area contributed by atoms with Crippen LogP contribution in [0, 0.1) is 5.21 Å². The van der Waals surface area contributed by atoms with Crippen LogP contribution in [0.4, 0.5) is 4.79 Å². The molecule has 4 rings (SSSR count). The van der Waals surface area contributed by atoms with Crippen molar-refractivity contribution in [2.45, 2.75) is 79.2 Å². The van der Waals surface area contributed by atoms with Gasteiger partial charge in [-0.1, -0.05) is 73.5 Å². The lowest BCUT2D eigenvalue weighted by Gasteiger charge is -2.19. The van der Waals surface area contributed by atoms with Crippen molar-refractivity contribution >= 4 is 23.7 Å². The summed E-state index contributed by atoms with van der Waals surface area (Å²) in [4.78, 5) is 35.4. The topological polar surface area (TPSA) is 185 Å². The van der Waals surface area contributed by atoms with Gasteiger partial charge < -0.3 is 28.8 Å². The maximum atomic E-state index is 13.4. The van der Waals surface area contributed by atoms with E-state index in [1.165, 1.54) is 11.9 Å². The average molecular weight is 712 g/mol. The van der Waals surface area contributed by atoms with Crippen molar-refractivity contribution < 1.29 is 33.6 Å². The van der Waals surface area contributed by atoms with Crippen LogP contribution in [0.2, 0.25) is 5.15 Å². The number of nitrogens with zero attached hydrogens (tertiary/aromatic N) is 8. The molecule has 0 radical (unpaired) electrons. The Balaban J connectivity index is 1.36. The number of benzene rings is 2. The molecular weight excluding hydrogens is 670 g/mol. The van der Waals surface area contributed by atoms with Crippen molar-refractivity contribution in [3.05, 3.63) is 76.0 Å². The number of ether oxygens (including phenoxy) is 3. The number of nitrogens with one attached hydrogen (secondary N) is 1. The fourth-order valence-corrected chi connectivity index (χ4v) is 5.31. The molecule has 50 heavy (non-hydrogen) atoms. The molecule has 1 atom stereocenters. The molecule has 268 valence electrons. The summed E-state index contributed by atoms with van der Waals surface area (Å²) in [6.07, 6.45) is 0.256. The number of carbonyl (C=O) groups is 2. The van der Waals surface area contributed by atoms with Crippen LogP contribution in [0.5, 0.6) is 0 Å². The zero-order valence-electron chi connectivity index (χ0n) is 28.7. The first-order valence-electron chi connectivity index (χ1n) is 16.4. The summed E-state index contributed by atoms with van der Waals surface area (Å²) < 4.78 is 17.3. The number of carbonyl (C=O) groups excluding carboxylic acids is 2. The molecule has 0 saturated heterocycles. The van der Waals surface area contributed by atoms with Crippen LogP contribution in [0.25, 0.3) is 22.5 Å².